The number of carbonyl (C=O) groups is 2. The first kappa shape index (κ1) is 32.5. The molecule has 3 saturated heterocycles. The number of piperazine rings is 1. The zero-order valence-electron chi connectivity index (χ0n) is 25.0. The number of carbonyl (C=O) groups excluding carboxylic acids is 2. The maximum atomic E-state index is 15.3. The minimum absolute atomic E-state index is 0.107. The number of Topliss-reactive ketones (excluding diaryl/α,β-unsaturated/α-hetero) is 1. The van der Waals surface area contributed by atoms with Crippen LogP contribution in [0, 0.1) is 11.6 Å². The van der Waals surface area contributed by atoms with Crippen molar-refractivity contribution in [1.29, 1.82) is 0 Å². The number of sulfonamides is 1. The highest BCUT2D eigenvalue weighted by molar-refractivity contribution is 7.89. The normalized spacial score (nSPS) is 26.2. The second-order valence-corrected chi connectivity index (χ2v) is 14.0. The summed E-state index contributed by atoms with van der Waals surface area (Å²) in [4.78, 5) is 26.6. The Morgan fingerprint density at radius 1 is 1.11 bits per heavy atom. The molecule has 3 aliphatic heterocycles. The average Bonchev–Trinajstić information content (AvgIpc) is 3.13. The molecule has 6 atom stereocenters. The topological polar surface area (TPSA) is 114 Å². The molecule has 2 N–H and O–H groups in total. The third-order valence-corrected chi connectivity index (χ3v) is 11.1. The van der Waals surface area contributed by atoms with Gasteiger partial charge >= 0.3 is 6.09 Å². The number of nitrogens with one attached hydrogen (secondary N) is 2. The van der Waals surface area contributed by atoms with Crippen molar-refractivity contribution in [2.75, 3.05) is 32.6 Å². The van der Waals surface area contributed by atoms with Gasteiger partial charge in [0.1, 0.15) is 17.7 Å². The minimum Gasteiger partial charge on any atom is -0.453 e. The third-order valence-electron chi connectivity index (χ3n) is 9.11. The van der Waals surface area contributed by atoms with E-state index >= 15 is 4.39 Å². The molecule has 3 aliphatic rings. The lowest BCUT2D eigenvalue weighted by Crippen LogP contribution is -2.57. The minimum atomic E-state index is -3.40. The highest BCUT2D eigenvalue weighted by Crippen LogP contribution is 2.33. The van der Waals surface area contributed by atoms with Crippen molar-refractivity contribution in [1.82, 2.24) is 14.9 Å². The summed E-state index contributed by atoms with van der Waals surface area (Å²) < 4.78 is 67.6. The lowest BCUT2D eigenvalue weighted by atomic mass is 9.80. The molecule has 0 radical (unpaired) electrons. The second-order valence-electron chi connectivity index (χ2n) is 11.9. The molecule has 3 heterocycles. The molecule has 5 rings (SSSR count). The van der Waals surface area contributed by atoms with Gasteiger partial charge in [-0.3, -0.25) is 4.79 Å². The summed E-state index contributed by atoms with van der Waals surface area (Å²) in [6.07, 6.45) is 3.03. The van der Waals surface area contributed by atoms with E-state index in [0.29, 0.717) is 55.6 Å². The Balaban J connectivity index is 1.40. The fourth-order valence-corrected chi connectivity index (χ4v) is 8.62. The van der Waals surface area contributed by atoms with Crippen LogP contribution in [0.2, 0.25) is 0 Å². The van der Waals surface area contributed by atoms with E-state index in [-0.39, 0.29) is 36.5 Å². The molecule has 12 heteroatoms. The van der Waals surface area contributed by atoms with E-state index in [1.54, 1.807) is 22.5 Å². The van der Waals surface area contributed by atoms with Crippen LogP contribution < -0.4 is 10.6 Å². The molecule has 0 spiro atoms. The molecule has 2 bridgehead atoms. The van der Waals surface area contributed by atoms with Crippen LogP contribution >= 0.6 is 0 Å². The van der Waals surface area contributed by atoms with Crippen LogP contribution in [0.25, 0.3) is 0 Å². The summed E-state index contributed by atoms with van der Waals surface area (Å²) in [6.45, 7) is 1.39. The summed E-state index contributed by atoms with van der Waals surface area (Å²) in [6, 6.07) is 9.06. The van der Waals surface area contributed by atoms with Gasteiger partial charge in [-0.1, -0.05) is 24.3 Å². The molecule has 240 valence electrons. The van der Waals surface area contributed by atoms with Gasteiger partial charge in [0.15, 0.2) is 5.78 Å². The summed E-state index contributed by atoms with van der Waals surface area (Å²) in [7, 11) is -2.19. The number of hydrogen-bond donors (Lipinski definition) is 2. The van der Waals surface area contributed by atoms with Gasteiger partial charge in [0.25, 0.3) is 0 Å². The van der Waals surface area contributed by atoms with Gasteiger partial charge in [-0.2, -0.15) is 4.31 Å². The number of nitrogens with zero attached hydrogens (tertiary/aromatic N) is 1. The van der Waals surface area contributed by atoms with Crippen LogP contribution in [0.5, 0.6) is 0 Å². The molecule has 3 fully saturated rings. The number of halogens is 2. The van der Waals surface area contributed by atoms with E-state index < -0.39 is 45.8 Å². The summed E-state index contributed by atoms with van der Waals surface area (Å²) >= 11 is 0. The predicted molar refractivity (Wildman–Crippen MR) is 161 cm³/mol. The number of hydrogen-bond acceptors (Lipinski definition) is 7. The molecule has 2 aromatic carbocycles. The number of rotatable bonds is 10. The van der Waals surface area contributed by atoms with E-state index in [2.05, 4.69) is 10.6 Å². The molecule has 44 heavy (non-hydrogen) atoms. The molecule has 9 nitrogen and oxygen atoms in total. The number of ether oxygens (including phenoxy) is 2. The molecule has 2 unspecified atom stereocenters. The van der Waals surface area contributed by atoms with Gasteiger partial charge in [0, 0.05) is 44.1 Å². The number of amides is 1. The maximum absolute atomic E-state index is 15.3. The molecular formula is C32H41F2N3O6S. The van der Waals surface area contributed by atoms with Crippen molar-refractivity contribution in [3.63, 3.8) is 0 Å². The van der Waals surface area contributed by atoms with Gasteiger partial charge in [-0.05, 0) is 79.8 Å². The molecule has 2 aromatic rings. The van der Waals surface area contributed by atoms with Crippen LogP contribution in [0.1, 0.15) is 61.1 Å². The van der Waals surface area contributed by atoms with E-state index in [1.807, 2.05) is 0 Å². The monoisotopic (exact) mass is 633 g/mol. The van der Waals surface area contributed by atoms with Crippen LogP contribution in [-0.4, -0.2) is 81.4 Å². The van der Waals surface area contributed by atoms with Gasteiger partial charge < -0.3 is 20.1 Å². The largest absolute Gasteiger partial charge is 0.453 e. The van der Waals surface area contributed by atoms with Gasteiger partial charge in [0.2, 0.25) is 10.0 Å². The molecular weight excluding hydrogens is 592 g/mol. The lowest BCUT2D eigenvalue weighted by molar-refractivity contribution is -0.122. The number of methoxy groups -OCH3 is 1. The highest BCUT2D eigenvalue weighted by Gasteiger charge is 2.40. The van der Waals surface area contributed by atoms with Crippen molar-refractivity contribution in [2.24, 2.45) is 0 Å². The van der Waals surface area contributed by atoms with Crippen LogP contribution in [0.15, 0.2) is 42.5 Å². The number of fused-ring (bicyclic) bond motifs is 2. The molecule has 0 aromatic heterocycles. The first-order valence-electron chi connectivity index (χ1n) is 15.4. The summed E-state index contributed by atoms with van der Waals surface area (Å²) in [5, 5.41) is 6.13. The summed E-state index contributed by atoms with van der Waals surface area (Å²) in [5.74, 6) is -1.80. The van der Waals surface area contributed by atoms with Crippen molar-refractivity contribution in [2.45, 2.75) is 81.5 Å². The SMILES string of the molecule is COC(=O)N[C@H](C(=O)Cc1cccc(F)c1CC[C@H]1CN[C@@H]2CCCS(=O)(=O)N1C2)[C@@H](c1ccc(F)cc1)C1CCCCO1. The fourth-order valence-electron chi connectivity index (χ4n) is 6.81. The Kier molecular flexibility index (Phi) is 10.7. The standard InChI is InChI=1S/C32H41F2N3O6S/c1-42-32(39)36-31(30(29-9-2-3-16-43-29)21-10-12-23(33)13-11-21)28(38)18-22-6-4-8-27(34)26(22)15-14-25-19-35-24-7-5-17-44(40,41)37(25)20-24/h4,6,8,10-13,24-25,29-31,35H,2-3,5,7,9,14-20H2,1H3,(H,36,39)/t24-,25+,29?,30+,31-/m1/s1. The van der Waals surface area contributed by atoms with Crippen molar-refractivity contribution < 1.29 is 36.3 Å². The lowest BCUT2D eigenvalue weighted by Gasteiger charge is -2.37. The fraction of sp³-hybridized carbons (Fsp3) is 0.562. The Morgan fingerprint density at radius 3 is 2.64 bits per heavy atom. The Labute approximate surface area is 257 Å². The summed E-state index contributed by atoms with van der Waals surface area (Å²) in [5.41, 5.74) is 1.45. The van der Waals surface area contributed by atoms with E-state index in [0.717, 1.165) is 19.3 Å². The highest BCUT2D eigenvalue weighted by atomic mass is 32.2. The van der Waals surface area contributed by atoms with E-state index in [1.165, 1.54) is 31.4 Å². The molecule has 0 aliphatic carbocycles. The van der Waals surface area contributed by atoms with E-state index in [4.69, 9.17) is 9.47 Å². The predicted octanol–water partition coefficient (Wildman–Crippen LogP) is 3.85. The number of benzene rings is 2. The zero-order valence-corrected chi connectivity index (χ0v) is 25.8. The van der Waals surface area contributed by atoms with Gasteiger partial charge in [0.05, 0.1) is 19.0 Å². The number of alkyl carbamates (subject to hydrolysis) is 1. The first-order valence-corrected chi connectivity index (χ1v) is 17.0. The number of ketones is 1. The van der Waals surface area contributed by atoms with Gasteiger partial charge in [-0.15, -0.1) is 0 Å². The first-order chi connectivity index (χ1) is 21.2. The maximum Gasteiger partial charge on any atom is 0.407 e. The van der Waals surface area contributed by atoms with Crippen LogP contribution in [-0.2, 0) is 37.1 Å². The smallest absolute Gasteiger partial charge is 0.407 e. The zero-order chi connectivity index (χ0) is 31.3. The van der Waals surface area contributed by atoms with Gasteiger partial charge in [-0.25, -0.2) is 22.0 Å². The second kappa shape index (κ2) is 14.4. The quantitative estimate of drug-likeness (QED) is 0.409. The van der Waals surface area contributed by atoms with E-state index in [9.17, 15) is 22.4 Å². The Hall–Kier alpha value is -2.93. The molecule has 1 amide bonds. The van der Waals surface area contributed by atoms with Crippen LogP contribution in [0.4, 0.5) is 13.6 Å². The Morgan fingerprint density at radius 2 is 1.91 bits per heavy atom. The van der Waals surface area contributed by atoms with Crippen molar-refractivity contribution in [3.8, 4) is 0 Å². The average molecular weight is 634 g/mol. The molecule has 0 saturated carbocycles. The third kappa shape index (κ3) is 7.64. The Bertz CT molecular complexity index is 1420. The van der Waals surface area contributed by atoms with Crippen molar-refractivity contribution >= 4 is 21.9 Å². The van der Waals surface area contributed by atoms with Crippen molar-refractivity contribution in [3.05, 3.63) is 70.8 Å². The van der Waals surface area contributed by atoms with Crippen LogP contribution in [0.3, 0.4) is 0 Å².